The highest BCUT2D eigenvalue weighted by molar-refractivity contribution is 7.99. The average Bonchev–Trinajstić information content (AvgIpc) is 2.59. The average molecular weight is 219 g/mol. The summed E-state index contributed by atoms with van der Waals surface area (Å²) >= 11 is 1.30. The van der Waals surface area contributed by atoms with Crippen molar-refractivity contribution in [3.05, 3.63) is 18.2 Å². The first-order valence-electron chi connectivity index (χ1n) is 4.41. The second kappa shape index (κ2) is 3.83. The minimum Gasteiger partial charge on any atom is -0.431 e. The molecule has 1 aromatic carbocycles. The lowest BCUT2D eigenvalue weighted by Gasteiger charge is -1.93. The second-order valence-electron chi connectivity index (χ2n) is 3.10. The van der Waals surface area contributed by atoms with E-state index < -0.39 is 0 Å². The maximum atomic E-state index is 8.65. The summed E-state index contributed by atoms with van der Waals surface area (Å²) in [6, 6.07) is 7.39. The number of nitriles is 1. The van der Waals surface area contributed by atoms with Gasteiger partial charge in [-0.1, -0.05) is 0 Å². The number of rotatable bonds is 2. The third kappa shape index (κ3) is 2.05. The molecule has 5 heteroatoms. The van der Waals surface area contributed by atoms with Gasteiger partial charge in [0.2, 0.25) is 0 Å². The van der Waals surface area contributed by atoms with Crippen molar-refractivity contribution in [3.63, 3.8) is 0 Å². The number of nitrogen functional groups attached to an aromatic ring is 1. The molecular weight excluding hydrogens is 210 g/mol. The van der Waals surface area contributed by atoms with Crippen molar-refractivity contribution >= 4 is 28.5 Å². The van der Waals surface area contributed by atoms with Crippen LogP contribution in [-0.4, -0.2) is 10.2 Å². The lowest BCUT2D eigenvalue weighted by atomic mass is 10.3. The van der Waals surface area contributed by atoms with Gasteiger partial charge < -0.3 is 10.2 Å². The highest BCUT2D eigenvalue weighted by atomic mass is 32.2. The molecule has 76 valence electrons. The molecular formula is C10H9N3OS. The number of thioether (sulfide) groups is 1. The van der Waals surface area contributed by atoms with Crippen LogP contribution in [0.4, 0.5) is 5.69 Å². The molecule has 0 aliphatic rings. The Morgan fingerprint density at radius 2 is 2.40 bits per heavy atom. The standard InChI is InChI=1S/C10H9N3OS/c1-6(5-11)15-10-13-8-4-7(12)2-3-9(8)14-10/h2-4,6H,12H2,1H3. The highest BCUT2D eigenvalue weighted by Gasteiger charge is 2.10. The summed E-state index contributed by atoms with van der Waals surface area (Å²) in [5.74, 6) is 0. The van der Waals surface area contributed by atoms with Gasteiger partial charge in [0.25, 0.3) is 5.22 Å². The number of aromatic nitrogens is 1. The minimum absolute atomic E-state index is 0.171. The van der Waals surface area contributed by atoms with Gasteiger partial charge in [-0.05, 0) is 36.9 Å². The van der Waals surface area contributed by atoms with Crippen molar-refractivity contribution in [1.29, 1.82) is 5.26 Å². The Morgan fingerprint density at radius 1 is 1.60 bits per heavy atom. The molecule has 0 bridgehead atoms. The van der Waals surface area contributed by atoms with Gasteiger partial charge in [0.05, 0.1) is 11.3 Å². The Hall–Kier alpha value is -1.67. The third-order valence-corrected chi connectivity index (χ3v) is 2.69. The van der Waals surface area contributed by atoms with Crippen molar-refractivity contribution in [1.82, 2.24) is 4.98 Å². The van der Waals surface area contributed by atoms with Gasteiger partial charge in [-0.25, -0.2) is 4.98 Å². The smallest absolute Gasteiger partial charge is 0.258 e. The fraction of sp³-hybridized carbons (Fsp3) is 0.200. The fourth-order valence-electron chi connectivity index (χ4n) is 1.15. The Morgan fingerprint density at radius 3 is 3.13 bits per heavy atom. The van der Waals surface area contributed by atoms with Crippen LogP contribution in [0, 0.1) is 11.3 Å². The predicted octanol–water partition coefficient (Wildman–Crippen LogP) is 2.41. The van der Waals surface area contributed by atoms with E-state index in [1.54, 1.807) is 25.1 Å². The molecule has 0 aliphatic heterocycles. The maximum Gasteiger partial charge on any atom is 0.258 e. The first-order chi connectivity index (χ1) is 7.19. The Bertz CT molecular complexity index is 529. The minimum atomic E-state index is -0.171. The number of hydrogen-bond acceptors (Lipinski definition) is 5. The van der Waals surface area contributed by atoms with Gasteiger partial charge in [-0.3, -0.25) is 0 Å². The lowest BCUT2D eigenvalue weighted by Crippen LogP contribution is -1.88. The molecule has 0 aliphatic carbocycles. The van der Waals surface area contributed by atoms with Crippen LogP contribution in [-0.2, 0) is 0 Å². The van der Waals surface area contributed by atoms with Gasteiger partial charge in [-0.2, -0.15) is 5.26 Å². The molecule has 2 aromatic rings. The molecule has 0 saturated heterocycles. The van der Waals surface area contributed by atoms with Gasteiger partial charge in [0.15, 0.2) is 5.58 Å². The van der Waals surface area contributed by atoms with Crippen LogP contribution in [0.5, 0.6) is 0 Å². The van der Waals surface area contributed by atoms with E-state index in [0.717, 1.165) is 5.52 Å². The molecule has 1 heterocycles. The zero-order valence-corrected chi connectivity index (χ0v) is 8.91. The number of nitrogens with two attached hydrogens (primary N) is 1. The summed E-state index contributed by atoms with van der Waals surface area (Å²) in [4.78, 5) is 4.23. The summed E-state index contributed by atoms with van der Waals surface area (Å²) < 4.78 is 5.44. The van der Waals surface area contributed by atoms with Crippen LogP contribution < -0.4 is 5.73 Å². The molecule has 1 unspecified atom stereocenters. The topological polar surface area (TPSA) is 75.8 Å². The second-order valence-corrected chi connectivity index (χ2v) is 4.39. The van der Waals surface area contributed by atoms with E-state index in [1.807, 2.05) is 0 Å². The fourth-order valence-corrected chi connectivity index (χ4v) is 1.80. The molecule has 1 aromatic heterocycles. The zero-order chi connectivity index (χ0) is 10.8. The number of oxazole rings is 1. The van der Waals surface area contributed by atoms with Crippen LogP contribution >= 0.6 is 11.8 Å². The monoisotopic (exact) mass is 219 g/mol. The van der Waals surface area contributed by atoms with Crippen LogP contribution in [0.25, 0.3) is 11.1 Å². The van der Waals surface area contributed by atoms with E-state index in [4.69, 9.17) is 15.4 Å². The first kappa shape index (κ1) is 9.87. The SMILES string of the molecule is CC(C#N)Sc1nc2cc(N)ccc2o1. The summed E-state index contributed by atoms with van der Waals surface area (Å²) in [6.07, 6.45) is 0. The van der Waals surface area contributed by atoms with Crippen molar-refractivity contribution in [3.8, 4) is 6.07 Å². The predicted molar refractivity (Wildman–Crippen MR) is 59.4 cm³/mol. The quantitative estimate of drug-likeness (QED) is 0.620. The molecule has 15 heavy (non-hydrogen) atoms. The lowest BCUT2D eigenvalue weighted by molar-refractivity contribution is 0.489. The number of anilines is 1. The van der Waals surface area contributed by atoms with E-state index >= 15 is 0 Å². The molecule has 0 radical (unpaired) electrons. The van der Waals surface area contributed by atoms with Crippen molar-refractivity contribution in [2.45, 2.75) is 17.4 Å². The van der Waals surface area contributed by atoms with Gasteiger partial charge in [0.1, 0.15) is 5.52 Å². The van der Waals surface area contributed by atoms with E-state index in [9.17, 15) is 0 Å². The highest BCUT2D eigenvalue weighted by Crippen LogP contribution is 2.27. The number of benzene rings is 1. The summed E-state index contributed by atoms with van der Waals surface area (Å²) in [5, 5.41) is 8.99. The maximum absolute atomic E-state index is 8.65. The first-order valence-corrected chi connectivity index (χ1v) is 5.29. The van der Waals surface area contributed by atoms with E-state index in [-0.39, 0.29) is 5.25 Å². The normalized spacial score (nSPS) is 12.5. The number of nitrogens with zero attached hydrogens (tertiary/aromatic N) is 2. The molecule has 1 atom stereocenters. The largest absolute Gasteiger partial charge is 0.431 e. The van der Waals surface area contributed by atoms with Crippen molar-refractivity contribution in [2.75, 3.05) is 5.73 Å². The summed E-state index contributed by atoms with van der Waals surface area (Å²) in [6.45, 7) is 1.80. The zero-order valence-electron chi connectivity index (χ0n) is 8.10. The summed E-state index contributed by atoms with van der Waals surface area (Å²) in [5.41, 5.74) is 7.69. The van der Waals surface area contributed by atoms with Gasteiger partial charge in [-0.15, -0.1) is 0 Å². The molecule has 4 nitrogen and oxygen atoms in total. The van der Waals surface area contributed by atoms with E-state index in [2.05, 4.69) is 11.1 Å². The van der Waals surface area contributed by atoms with Crippen molar-refractivity contribution in [2.24, 2.45) is 0 Å². The van der Waals surface area contributed by atoms with Crippen LogP contribution in [0.1, 0.15) is 6.92 Å². The third-order valence-electron chi connectivity index (χ3n) is 1.85. The molecule has 0 saturated carbocycles. The van der Waals surface area contributed by atoms with Gasteiger partial charge >= 0.3 is 0 Å². The Kier molecular flexibility index (Phi) is 2.52. The van der Waals surface area contributed by atoms with E-state index in [1.165, 1.54) is 11.8 Å². The van der Waals surface area contributed by atoms with E-state index in [0.29, 0.717) is 16.5 Å². The van der Waals surface area contributed by atoms with Crippen LogP contribution in [0.3, 0.4) is 0 Å². The number of fused-ring (bicyclic) bond motifs is 1. The van der Waals surface area contributed by atoms with Gasteiger partial charge in [0, 0.05) is 5.69 Å². The number of hydrogen-bond donors (Lipinski definition) is 1. The molecule has 0 amide bonds. The summed E-state index contributed by atoms with van der Waals surface area (Å²) in [7, 11) is 0. The molecule has 0 fully saturated rings. The van der Waals surface area contributed by atoms with Crippen LogP contribution in [0.15, 0.2) is 27.8 Å². The molecule has 2 rings (SSSR count). The Balaban J connectivity index is 2.35. The van der Waals surface area contributed by atoms with Crippen molar-refractivity contribution < 1.29 is 4.42 Å². The Labute approximate surface area is 91.1 Å². The molecule has 2 N–H and O–H groups in total. The van der Waals surface area contributed by atoms with Crippen LogP contribution in [0.2, 0.25) is 0 Å². The molecule has 0 spiro atoms.